The average molecular weight is 423 g/mol. The smallest absolute Gasteiger partial charge is 0.225 e. The van der Waals surface area contributed by atoms with E-state index in [1.807, 2.05) is 18.6 Å². The molecule has 32 heavy (non-hydrogen) atoms. The molecule has 160 valence electrons. The molecule has 0 aliphatic carbocycles. The monoisotopic (exact) mass is 422 g/mol. The number of H-pyrrole nitrogens is 1. The first-order chi connectivity index (χ1) is 15.7. The van der Waals surface area contributed by atoms with Crippen molar-refractivity contribution in [3.8, 4) is 11.1 Å². The molecule has 0 amide bonds. The third-order valence-corrected chi connectivity index (χ3v) is 6.57. The number of aromatic amines is 1. The molecule has 1 N–H and O–H groups in total. The lowest BCUT2D eigenvalue weighted by molar-refractivity contribution is 0.360. The molecule has 5 aromatic rings. The SMILES string of the molecule is Cc1ccc2[nH]c3c4ccc(-c5cnc(N6CCCN(C)CC6)nc5)cc4ncc3c2c1. The summed E-state index contributed by atoms with van der Waals surface area (Å²) in [6.07, 6.45) is 6.99. The minimum absolute atomic E-state index is 0.818. The summed E-state index contributed by atoms with van der Waals surface area (Å²) < 4.78 is 0. The van der Waals surface area contributed by atoms with Gasteiger partial charge in [-0.05, 0) is 50.7 Å². The molecule has 0 atom stereocenters. The number of aromatic nitrogens is 4. The van der Waals surface area contributed by atoms with E-state index >= 15 is 0 Å². The highest BCUT2D eigenvalue weighted by molar-refractivity contribution is 6.16. The summed E-state index contributed by atoms with van der Waals surface area (Å²) in [6.45, 7) is 6.27. The van der Waals surface area contributed by atoms with Crippen molar-refractivity contribution in [3.05, 3.63) is 60.6 Å². The zero-order valence-electron chi connectivity index (χ0n) is 18.5. The minimum Gasteiger partial charge on any atom is -0.354 e. The first-order valence-electron chi connectivity index (χ1n) is 11.2. The molecule has 1 aliphatic heterocycles. The Kier molecular flexibility index (Phi) is 4.54. The van der Waals surface area contributed by atoms with Crippen molar-refractivity contribution in [2.24, 2.45) is 0 Å². The van der Waals surface area contributed by atoms with Crippen molar-refractivity contribution < 1.29 is 0 Å². The van der Waals surface area contributed by atoms with Gasteiger partial charge in [-0.2, -0.15) is 0 Å². The first kappa shape index (κ1) is 19.2. The largest absolute Gasteiger partial charge is 0.354 e. The van der Waals surface area contributed by atoms with Crippen LogP contribution in [-0.4, -0.2) is 58.1 Å². The van der Waals surface area contributed by atoms with Crippen molar-refractivity contribution in [1.82, 2.24) is 24.8 Å². The van der Waals surface area contributed by atoms with Gasteiger partial charge in [0, 0.05) is 65.5 Å². The Hall–Kier alpha value is -3.51. The van der Waals surface area contributed by atoms with Crippen LogP contribution in [0.3, 0.4) is 0 Å². The number of fused-ring (bicyclic) bond motifs is 5. The van der Waals surface area contributed by atoms with Gasteiger partial charge in [0.2, 0.25) is 5.95 Å². The summed E-state index contributed by atoms with van der Waals surface area (Å²) in [5, 5.41) is 3.52. The second-order valence-electron chi connectivity index (χ2n) is 8.87. The van der Waals surface area contributed by atoms with Crippen molar-refractivity contribution in [2.75, 3.05) is 38.1 Å². The van der Waals surface area contributed by atoms with Gasteiger partial charge in [0.05, 0.1) is 11.0 Å². The Bertz CT molecular complexity index is 1440. The maximum atomic E-state index is 4.78. The van der Waals surface area contributed by atoms with Crippen LogP contribution >= 0.6 is 0 Å². The van der Waals surface area contributed by atoms with Gasteiger partial charge < -0.3 is 14.8 Å². The standard InChI is InChI=1S/C26H26N6/c1-17-4-7-23-21(12-17)22-16-27-24-13-18(5-6-20(24)25(22)30-23)19-14-28-26(29-15-19)32-9-3-8-31(2)10-11-32/h4-7,12-16,30H,3,8-11H2,1-2H3. The molecule has 0 saturated carbocycles. The van der Waals surface area contributed by atoms with Gasteiger partial charge in [0.1, 0.15) is 0 Å². The second kappa shape index (κ2) is 7.57. The molecule has 6 rings (SSSR count). The molecule has 1 aliphatic rings. The summed E-state index contributed by atoms with van der Waals surface area (Å²) in [5.74, 6) is 0.818. The molecular weight excluding hydrogens is 396 g/mol. The van der Waals surface area contributed by atoms with E-state index in [4.69, 9.17) is 4.98 Å². The number of benzene rings is 2. The van der Waals surface area contributed by atoms with E-state index in [0.717, 1.165) is 71.6 Å². The predicted molar refractivity (Wildman–Crippen MR) is 131 cm³/mol. The maximum absolute atomic E-state index is 4.78. The lowest BCUT2D eigenvalue weighted by atomic mass is 10.0. The predicted octanol–water partition coefficient (Wildman–Crippen LogP) is 4.78. The fourth-order valence-electron chi connectivity index (χ4n) is 4.72. The minimum atomic E-state index is 0.818. The van der Waals surface area contributed by atoms with Gasteiger partial charge in [-0.3, -0.25) is 4.98 Å². The van der Waals surface area contributed by atoms with Crippen LogP contribution in [0.5, 0.6) is 0 Å². The maximum Gasteiger partial charge on any atom is 0.225 e. The van der Waals surface area contributed by atoms with Crippen LogP contribution in [0.25, 0.3) is 43.8 Å². The zero-order valence-corrected chi connectivity index (χ0v) is 18.5. The fourth-order valence-corrected chi connectivity index (χ4v) is 4.72. The van der Waals surface area contributed by atoms with E-state index in [1.54, 1.807) is 0 Å². The summed E-state index contributed by atoms with van der Waals surface area (Å²) in [5.41, 5.74) is 6.60. The number of rotatable bonds is 2. The topological polar surface area (TPSA) is 60.9 Å². The van der Waals surface area contributed by atoms with Gasteiger partial charge in [0.25, 0.3) is 0 Å². The van der Waals surface area contributed by atoms with Gasteiger partial charge >= 0.3 is 0 Å². The molecule has 1 saturated heterocycles. The van der Waals surface area contributed by atoms with Crippen molar-refractivity contribution >= 4 is 38.7 Å². The van der Waals surface area contributed by atoms with Crippen molar-refractivity contribution in [3.63, 3.8) is 0 Å². The lowest BCUT2D eigenvalue weighted by Gasteiger charge is -2.20. The Labute approximate surface area is 186 Å². The molecule has 4 heterocycles. The molecule has 6 nitrogen and oxygen atoms in total. The van der Waals surface area contributed by atoms with E-state index in [2.05, 4.69) is 75.1 Å². The average Bonchev–Trinajstić information content (AvgIpc) is 3.04. The zero-order chi connectivity index (χ0) is 21.7. The highest BCUT2D eigenvalue weighted by Crippen LogP contribution is 2.32. The number of hydrogen-bond donors (Lipinski definition) is 1. The van der Waals surface area contributed by atoms with Crippen LogP contribution in [-0.2, 0) is 0 Å². The fraction of sp³-hybridized carbons (Fsp3) is 0.269. The van der Waals surface area contributed by atoms with E-state index in [9.17, 15) is 0 Å². The molecule has 6 heteroatoms. The van der Waals surface area contributed by atoms with Gasteiger partial charge in [-0.1, -0.05) is 23.8 Å². The van der Waals surface area contributed by atoms with Crippen LogP contribution in [0.15, 0.2) is 55.0 Å². The Morgan fingerprint density at radius 3 is 2.53 bits per heavy atom. The molecule has 0 unspecified atom stereocenters. The third-order valence-electron chi connectivity index (χ3n) is 6.57. The molecule has 2 aromatic carbocycles. The highest BCUT2D eigenvalue weighted by atomic mass is 15.3. The molecule has 0 radical (unpaired) electrons. The lowest BCUT2D eigenvalue weighted by Crippen LogP contribution is -2.30. The van der Waals surface area contributed by atoms with Gasteiger partial charge in [0.15, 0.2) is 0 Å². The van der Waals surface area contributed by atoms with Crippen LogP contribution in [0, 0.1) is 6.92 Å². The normalized spacial score (nSPS) is 15.6. The van der Waals surface area contributed by atoms with E-state index in [0.29, 0.717) is 0 Å². The van der Waals surface area contributed by atoms with Crippen molar-refractivity contribution in [1.29, 1.82) is 0 Å². The summed E-state index contributed by atoms with van der Waals surface area (Å²) >= 11 is 0. The van der Waals surface area contributed by atoms with Crippen LogP contribution in [0.2, 0.25) is 0 Å². The van der Waals surface area contributed by atoms with Gasteiger partial charge in [-0.25, -0.2) is 9.97 Å². The van der Waals surface area contributed by atoms with E-state index in [-0.39, 0.29) is 0 Å². The number of nitrogens with one attached hydrogen (secondary N) is 1. The Morgan fingerprint density at radius 1 is 0.781 bits per heavy atom. The summed E-state index contributed by atoms with van der Waals surface area (Å²) in [6, 6.07) is 12.9. The number of nitrogens with zero attached hydrogens (tertiary/aromatic N) is 5. The number of anilines is 1. The van der Waals surface area contributed by atoms with E-state index < -0.39 is 0 Å². The van der Waals surface area contributed by atoms with Crippen LogP contribution in [0.4, 0.5) is 5.95 Å². The quantitative estimate of drug-likeness (QED) is 0.444. The Balaban J connectivity index is 1.35. The summed E-state index contributed by atoms with van der Waals surface area (Å²) in [7, 11) is 2.17. The number of likely N-dealkylation sites (N-methyl/N-ethyl adjacent to an activating group) is 1. The number of aryl methyl sites for hydroxylation is 1. The molecule has 3 aromatic heterocycles. The van der Waals surface area contributed by atoms with E-state index in [1.165, 1.54) is 16.3 Å². The van der Waals surface area contributed by atoms with Crippen LogP contribution in [0.1, 0.15) is 12.0 Å². The highest BCUT2D eigenvalue weighted by Gasteiger charge is 2.15. The van der Waals surface area contributed by atoms with Crippen LogP contribution < -0.4 is 4.90 Å². The molecule has 0 spiro atoms. The van der Waals surface area contributed by atoms with Crippen molar-refractivity contribution in [2.45, 2.75) is 13.3 Å². The second-order valence-corrected chi connectivity index (χ2v) is 8.87. The summed E-state index contributed by atoms with van der Waals surface area (Å²) in [4.78, 5) is 22.4. The number of pyridine rings is 1. The molecule has 1 fully saturated rings. The number of hydrogen-bond acceptors (Lipinski definition) is 5. The third kappa shape index (κ3) is 3.28. The molecule has 0 bridgehead atoms. The molecular formula is C26H26N6. The Morgan fingerprint density at radius 2 is 1.66 bits per heavy atom. The first-order valence-corrected chi connectivity index (χ1v) is 11.2. The van der Waals surface area contributed by atoms with Gasteiger partial charge in [-0.15, -0.1) is 0 Å².